The van der Waals surface area contributed by atoms with Gasteiger partial charge in [-0.25, -0.2) is 4.39 Å². The van der Waals surface area contributed by atoms with Crippen LogP contribution in [-0.4, -0.2) is 24.0 Å². The monoisotopic (exact) mass is 278 g/mol. The molecule has 0 spiro atoms. The van der Waals surface area contributed by atoms with Gasteiger partial charge in [-0.1, -0.05) is 38.3 Å². The van der Waals surface area contributed by atoms with Crippen LogP contribution in [0.5, 0.6) is 0 Å². The molecule has 0 aromatic heterocycles. The molecule has 1 fully saturated rings. The van der Waals surface area contributed by atoms with E-state index in [1.807, 2.05) is 6.07 Å². The van der Waals surface area contributed by atoms with Gasteiger partial charge in [0.2, 0.25) is 0 Å². The summed E-state index contributed by atoms with van der Waals surface area (Å²) in [6.45, 7) is 3.73. The average Bonchev–Trinajstić information content (AvgIpc) is 2.47. The fraction of sp³-hybridized carbons (Fsp3) is 0.647. The molecule has 112 valence electrons. The van der Waals surface area contributed by atoms with Crippen molar-refractivity contribution in [2.24, 2.45) is 11.7 Å². The second-order valence-electron chi connectivity index (χ2n) is 6.29. The Balaban J connectivity index is 2.10. The minimum atomic E-state index is -0.159. The highest BCUT2D eigenvalue weighted by Gasteiger charge is 2.37. The summed E-state index contributed by atoms with van der Waals surface area (Å²) in [5, 5.41) is 0. The van der Waals surface area contributed by atoms with Crippen molar-refractivity contribution in [2.45, 2.75) is 51.1 Å². The van der Waals surface area contributed by atoms with Crippen LogP contribution in [0.3, 0.4) is 0 Å². The quantitative estimate of drug-likeness (QED) is 0.892. The number of hydrogen-bond acceptors (Lipinski definition) is 2. The lowest BCUT2D eigenvalue weighted by Crippen LogP contribution is -2.54. The minimum Gasteiger partial charge on any atom is -0.329 e. The lowest BCUT2D eigenvalue weighted by atomic mass is 9.73. The zero-order chi connectivity index (χ0) is 14.6. The number of rotatable bonds is 5. The van der Waals surface area contributed by atoms with E-state index in [9.17, 15) is 4.39 Å². The molecule has 0 amide bonds. The Bertz CT molecular complexity index is 435. The molecule has 0 radical (unpaired) electrons. The average molecular weight is 278 g/mol. The maximum atomic E-state index is 13.3. The van der Waals surface area contributed by atoms with E-state index in [4.69, 9.17) is 5.73 Å². The second kappa shape index (κ2) is 6.68. The van der Waals surface area contributed by atoms with E-state index in [1.165, 1.54) is 31.7 Å². The number of halogens is 1. The van der Waals surface area contributed by atoms with Gasteiger partial charge in [-0.3, -0.25) is 4.90 Å². The highest BCUT2D eigenvalue weighted by Crippen LogP contribution is 2.37. The highest BCUT2D eigenvalue weighted by atomic mass is 19.1. The molecule has 1 aliphatic rings. The predicted molar refractivity (Wildman–Crippen MR) is 81.9 cm³/mol. The van der Waals surface area contributed by atoms with Crippen molar-refractivity contribution in [1.29, 1.82) is 0 Å². The first-order valence-corrected chi connectivity index (χ1v) is 7.75. The number of nitrogens with zero attached hydrogens (tertiary/aromatic N) is 1. The third-order valence-electron chi connectivity index (χ3n) is 5.00. The van der Waals surface area contributed by atoms with Crippen molar-refractivity contribution in [2.75, 3.05) is 13.6 Å². The predicted octanol–water partition coefficient (Wildman–Crippen LogP) is 3.56. The van der Waals surface area contributed by atoms with Crippen LogP contribution in [0.1, 0.15) is 44.6 Å². The van der Waals surface area contributed by atoms with Crippen LogP contribution >= 0.6 is 0 Å². The summed E-state index contributed by atoms with van der Waals surface area (Å²) < 4.78 is 13.3. The van der Waals surface area contributed by atoms with E-state index in [1.54, 1.807) is 12.1 Å². The summed E-state index contributed by atoms with van der Waals surface area (Å²) in [7, 11) is 2.13. The van der Waals surface area contributed by atoms with E-state index < -0.39 is 0 Å². The van der Waals surface area contributed by atoms with Gasteiger partial charge in [-0.05, 0) is 43.5 Å². The van der Waals surface area contributed by atoms with Crippen LogP contribution in [0.25, 0.3) is 0 Å². The molecule has 1 aromatic carbocycles. The van der Waals surface area contributed by atoms with Crippen molar-refractivity contribution in [3.63, 3.8) is 0 Å². The Kier molecular flexibility index (Phi) is 5.17. The largest absolute Gasteiger partial charge is 0.329 e. The molecule has 2 unspecified atom stereocenters. The van der Waals surface area contributed by atoms with Crippen LogP contribution in [0, 0.1) is 11.7 Å². The SMILES string of the molecule is CCC1CCCC(CN)(N(C)Cc2cccc(F)c2)C1. The molecular weight excluding hydrogens is 251 g/mol. The molecule has 0 heterocycles. The van der Waals surface area contributed by atoms with Gasteiger partial charge in [-0.15, -0.1) is 0 Å². The van der Waals surface area contributed by atoms with E-state index >= 15 is 0 Å². The fourth-order valence-corrected chi connectivity index (χ4v) is 3.57. The molecule has 1 aliphatic carbocycles. The normalized spacial score (nSPS) is 26.9. The van der Waals surface area contributed by atoms with Gasteiger partial charge < -0.3 is 5.73 Å². The van der Waals surface area contributed by atoms with Crippen LogP contribution < -0.4 is 5.73 Å². The van der Waals surface area contributed by atoms with Crippen molar-refractivity contribution in [3.8, 4) is 0 Å². The van der Waals surface area contributed by atoms with E-state index in [0.29, 0.717) is 6.54 Å². The zero-order valence-electron chi connectivity index (χ0n) is 12.7. The molecular formula is C17H27FN2. The smallest absolute Gasteiger partial charge is 0.123 e. The summed E-state index contributed by atoms with van der Waals surface area (Å²) in [6.07, 6.45) is 6.14. The van der Waals surface area contributed by atoms with Gasteiger partial charge in [0.1, 0.15) is 5.82 Å². The Labute approximate surface area is 122 Å². The van der Waals surface area contributed by atoms with Gasteiger partial charge in [0, 0.05) is 18.6 Å². The van der Waals surface area contributed by atoms with Gasteiger partial charge in [0.05, 0.1) is 0 Å². The molecule has 3 heteroatoms. The minimum absolute atomic E-state index is 0.0885. The molecule has 0 bridgehead atoms. The van der Waals surface area contributed by atoms with Crippen molar-refractivity contribution >= 4 is 0 Å². The van der Waals surface area contributed by atoms with Gasteiger partial charge in [0.25, 0.3) is 0 Å². The summed E-state index contributed by atoms with van der Waals surface area (Å²) in [6, 6.07) is 6.89. The maximum absolute atomic E-state index is 13.3. The number of nitrogens with two attached hydrogens (primary N) is 1. The van der Waals surface area contributed by atoms with Gasteiger partial charge in [0.15, 0.2) is 0 Å². The van der Waals surface area contributed by atoms with E-state index in [0.717, 1.165) is 24.4 Å². The number of hydrogen-bond donors (Lipinski definition) is 1. The summed E-state index contributed by atoms with van der Waals surface area (Å²) in [5.41, 5.74) is 7.24. The Morgan fingerprint density at radius 2 is 2.25 bits per heavy atom. The van der Waals surface area contributed by atoms with E-state index in [2.05, 4.69) is 18.9 Å². The molecule has 2 rings (SSSR count). The third kappa shape index (κ3) is 3.39. The fourth-order valence-electron chi connectivity index (χ4n) is 3.57. The Hall–Kier alpha value is -0.930. The van der Waals surface area contributed by atoms with Crippen molar-refractivity contribution < 1.29 is 4.39 Å². The molecule has 1 saturated carbocycles. The highest BCUT2D eigenvalue weighted by molar-refractivity contribution is 5.16. The molecule has 2 N–H and O–H groups in total. The van der Waals surface area contributed by atoms with Crippen LogP contribution in [0.2, 0.25) is 0 Å². The first-order chi connectivity index (χ1) is 9.59. The maximum Gasteiger partial charge on any atom is 0.123 e. The lowest BCUT2D eigenvalue weighted by Gasteiger charge is -2.46. The third-order valence-corrected chi connectivity index (χ3v) is 5.00. The first kappa shape index (κ1) is 15.5. The summed E-state index contributed by atoms with van der Waals surface area (Å²) in [4.78, 5) is 2.35. The Morgan fingerprint density at radius 3 is 2.90 bits per heavy atom. The summed E-state index contributed by atoms with van der Waals surface area (Å²) in [5.74, 6) is 0.620. The lowest BCUT2D eigenvalue weighted by molar-refractivity contribution is 0.0503. The van der Waals surface area contributed by atoms with Crippen LogP contribution in [0.4, 0.5) is 4.39 Å². The molecule has 2 nitrogen and oxygen atoms in total. The standard InChI is InChI=1S/C17H27FN2/c1-3-14-7-5-9-17(11-14,13-19)20(2)12-15-6-4-8-16(18)10-15/h4,6,8,10,14H,3,5,7,9,11-13,19H2,1-2H3. The van der Waals surface area contributed by atoms with Gasteiger partial charge in [-0.2, -0.15) is 0 Å². The molecule has 20 heavy (non-hydrogen) atoms. The molecule has 1 aromatic rings. The Morgan fingerprint density at radius 1 is 1.45 bits per heavy atom. The van der Waals surface area contributed by atoms with Crippen LogP contribution in [0.15, 0.2) is 24.3 Å². The zero-order valence-corrected chi connectivity index (χ0v) is 12.7. The number of likely N-dealkylation sites (N-methyl/N-ethyl adjacent to an activating group) is 1. The molecule has 0 aliphatic heterocycles. The van der Waals surface area contributed by atoms with Gasteiger partial charge >= 0.3 is 0 Å². The first-order valence-electron chi connectivity index (χ1n) is 7.75. The van der Waals surface area contributed by atoms with E-state index in [-0.39, 0.29) is 11.4 Å². The van der Waals surface area contributed by atoms with Crippen molar-refractivity contribution in [1.82, 2.24) is 4.90 Å². The second-order valence-corrected chi connectivity index (χ2v) is 6.29. The molecule has 0 saturated heterocycles. The number of benzene rings is 1. The summed E-state index contributed by atoms with van der Waals surface area (Å²) >= 11 is 0. The molecule has 2 atom stereocenters. The van der Waals surface area contributed by atoms with Crippen molar-refractivity contribution in [3.05, 3.63) is 35.6 Å². The topological polar surface area (TPSA) is 29.3 Å². The van der Waals surface area contributed by atoms with Crippen LogP contribution in [-0.2, 0) is 6.54 Å².